The van der Waals surface area contributed by atoms with Gasteiger partial charge in [-0.3, -0.25) is 4.98 Å². The van der Waals surface area contributed by atoms with Gasteiger partial charge in [-0.1, -0.05) is 194 Å². The van der Waals surface area contributed by atoms with E-state index in [-0.39, 0.29) is 0 Å². The van der Waals surface area contributed by atoms with Crippen molar-refractivity contribution < 1.29 is 0 Å². The zero-order valence-electron chi connectivity index (χ0n) is 36.7. The first-order valence-corrected chi connectivity index (χ1v) is 23.6. The lowest BCUT2D eigenvalue weighted by Crippen LogP contribution is -2.02. The summed E-state index contributed by atoms with van der Waals surface area (Å²) in [5.74, 6) is 1.74. The number of para-hydroxylation sites is 2. The molecule has 0 spiro atoms. The van der Waals surface area contributed by atoms with Crippen LogP contribution in [0, 0.1) is 0 Å². The van der Waals surface area contributed by atoms with Crippen LogP contribution in [0.2, 0.25) is 0 Å². The second-order valence-electron chi connectivity index (χ2n) is 17.0. The van der Waals surface area contributed by atoms with Crippen LogP contribution >= 0.6 is 11.3 Å². The van der Waals surface area contributed by atoms with Crippen LogP contribution in [0.4, 0.5) is 0 Å². The van der Waals surface area contributed by atoms with Gasteiger partial charge in [-0.2, -0.15) is 0 Å². The van der Waals surface area contributed by atoms with E-state index in [1.54, 1.807) is 0 Å². The Morgan fingerprint density at radius 2 is 0.882 bits per heavy atom. The molecule has 318 valence electrons. The number of aromatic nitrogens is 5. The number of hydrogen-bond donors (Lipinski definition) is 0. The van der Waals surface area contributed by atoms with E-state index in [2.05, 4.69) is 174 Å². The fourth-order valence-corrected chi connectivity index (χ4v) is 11.0. The van der Waals surface area contributed by atoms with Crippen molar-refractivity contribution in [3.05, 3.63) is 237 Å². The van der Waals surface area contributed by atoms with Crippen LogP contribution in [0.3, 0.4) is 0 Å². The summed E-state index contributed by atoms with van der Waals surface area (Å²) < 4.78 is 4.86. The zero-order chi connectivity index (χ0) is 45.0. The van der Waals surface area contributed by atoms with Crippen LogP contribution in [-0.4, -0.2) is 24.5 Å². The van der Waals surface area contributed by atoms with Gasteiger partial charge in [0.05, 0.1) is 21.4 Å². The van der Waals surface area contributed by atoms with Crippen molar-refractivity contribution in [3.8, 4) is 84.5 Å². The van der Waals surface area contributed by atoms with Gasteiger partial charge >= 0.3 is 0 Å². The third-order valence-corrected chi connectivity index (χ3v) is 14.1. The summed E-state index contributed by atoms with van der Waals surface area (Å²) in [5.41, 5.74) is 14.5. The van der Waals surface area contributed by atoms with Crippen molar-refractivity contribution in [2.45, 2.75) is 0 Å². The Labute approximate surface area is 397 Å². The fraction of sp³-hybridized carbons (Fsp3) is 0. The number of fused-ring (bicyclic) bond motifs is 7. The minimum absolute atomic E-state index is 0.549. The smallest absolute Gasteiger partial charge is 0.166 e. The monoisotopic (exact) mass is 885 g/mol. The van der Waals surface area contributed by atoms with Gasteiger partial charge in [0.2, 0.25) is 0 Å². The third kappa shape index (κ3) is 6.86. The Hall–Kier alpha value is -8.84. The Kier molecular flexibility index (Phi) is 9.62. The number of pyridine rings is 1. The molecule has 13 rings (SSSR count). The fourth-order valence-electron chi connectivity index (χ4n) is 9.68. The van der Waals surface area contributed by atoms with Crippen molar-refractivity contribution in [2.24, 2.45) is 0 Å². The summed E-state index contributed by atoms with van der Waals surface area (Å²) in [5, 5.41) is 4.93. The highest BCUT2D eigenvalue weighted by atomic mass is 32.1. The van der Waals surface area contributed by atoms with Crippen molar-refractivity contribution in [2.75, 3.05) is 0 Å². The molecule has 0 bridgehead atoms. The zero-order valence-corrected chi connectivity index (χ0v) is 37.5. The van der Waals surface area contributed by atoms with E-state index in [1.807, 2.05) is 78.2 Å². The van der Waals surface area contributed by atoms with E-state index in [9.17, 15) is 0 Å². The Balaban J connectivity index is 1.06. The lowest BCUT2D eigenvalue weighted by atomic mass is 9.90. The number of thiophene rings is 1. The summed E-state index contributed by atoms with van der Waals surface area (Å²) in [7, 11) is 0. The second-order valence-corrected chi connectivity index (χ2v) is 18.0. The molecule has 0 amide bonds. The molecule has 0 fully saturated rings. The second kappa shape index (κ2) is 16.5. The normalized spacial score (nSPS) is 11.5. The van der Waals surface area contributed by atoms with Crippen molar-refractivity contribution in [3.63, 3.8) is 0 Å². The molecule has 0 aliphatic carbocycles. The lowest BCUT2D eigenvalue weighted by molar-refractivity contribution is 1.07. The molecular formula is C62H39N5S. The lowest BCUT2D eigenvalue weighted by Gasteiger charge is -2.16. The van der Waals surface area contributed by atoms with Crippen LogP contribution in [-0.2, 0) is 0 Å². The quantitative estimate of drug-likeness (QED) is 0.153. The predicted octanol–water partition coefficient (Wildman–Crippen LogP) is 16.4. The molecule has 0 saturated carbocycles. The molecule has 0 N–H and O–H groups in total. The highest BCUT2D eigenvalue weighted by Gasteiger charge is 2.22. The van der Waals surface area contributed by atoms with E-state index < -0.39 is 0 Å². The van der Waals surface area contributed by atoms with Crippen LogP contribution in [0.15, 0.2) is 237 Å². The summed E-state index contributed by atoms with van der Waals surface area (Å²) in [6.45, 7) is 0. The van der Waals surface area contributed by atoms with Crippen molar-refractivity contribution in [1.29, 1.82) is 0 Å². The van der Waals surface area contributed by atoms with Crippen LogP contribution in [0.5, 0.6) is 0 Å². The molecule has 4 heterocycles. The van der Waals surface area contributed by atoms with Gasteiger partial charge < -0.3 is 4.57 Å². The Bertz CT molecular complexity index is 3940. The van der Waals surface area contributed by atoms with E-state index in [1.165, 1.54) is 42.0 Å². The summed E-state index contributed by atoms with van der Waals surface area (Å²) in [6, 6.07) is 81.2. The van der Waals surface area contributed by atoms with Crippen molar-refractivity contribution >= 4 is 53.3 Å². The van der Waals surface area contributed by atoms with Gasteiger partial charge in [0, 0.05) is 65.9 Å². The molecule has 68 heavy (non-hydrogen) atoms. The highest BCUT2D eigenvalue weighted by Crippen LogP contribution is 2.45. The summed E-state index contributed by atoms with van der Waals surface area (Å²) >= 11 is 1.83. The predicted molar refractivity (Wildman–Crippen MR) is 283 cm³/mol. The first-order chi connectivity index (χ1) is 33.7. The maximum atomic E-state index is 5.44. The largest absolute Gasteiger partial charge is 0.308 e. The number of nitrogens with zero attached hydrogens (tertiary/aromatic N) is 5. The molecule has 6 heteroatoms. The van der Waals surface area contributed by atoms with Gasteiger partial charge in [0.25, 0.3) is 0 Å². The molecule has 0 atom stereocenters. The van der Waals surface area contributed by atoms with Crippen LogP contribution < -0.4 is 0 Å². The minimum atomic E-state index is 0.549. The summed E-state index contributed by atoms with van der Waals surface area (Å²) in [6.07, 6.45) is 2.02. The van der Waals surface area contributed by atoms with E-state index in [0.29, 0.717) is 17.5 Å². The number of hydrogen-bond acceptors (Lipinski definition) is 5. The molecule has 4 aromatic heterocycles. The van der Waals surface area contributed by atoms with Gasteiger partial charge in [-0.25, -0.2) is 15.0 Å². The molecule has 0 aliphatic rings. The average molecular weight is 886 g/mol. The van der Waals surface area contributed by atoms with Crippen LogP contribution in [0.25, 0.3) is 126 Å². The van der Waals surface area contributed by atoms with Gasteiger partial charge in [-0.15, -0.1) is 11.3 Å². The molecule has 5 nitrogen and oxygen atoms in total. The Morgan fingerprint density at radius 1 is 0.338 bits per heavy atom. The molecule has 13 aromatic rings. The standard InChI is InChI=1S/C62H39N5S/c1-6-18-40(19-7-1)44-30-32-48(41-20-8-2-9-21-41)53(36-44)46-37-54(62-65-60(42-22-10-3-11-23-42)64-61(66-62)43-24-12-4-13-25-43)57(63-39-46)45-31-33-50-52-35-34-51-49-28-16-17-29-55(49)67(47-26-14-5-15-27-47)58(51)59(52)68-56(50)38-45/h1-39H. The van der Waals surface area contributed by atoms with E-state index in [0.717, 1.165) is 67.0 Å². The third-order valence-electron chi connectivity index (χ3n) is 12.9. The minimum Gasteiger partial charge on any atom is -0.308 e. The van der Waals surface area contributed by atoms with Gasteiger partial charge in [0.1, 0.15) is 0 Å². The number of rotatable bonds is 8. The average Bonchev–Trinajstić information content (AvgIpc) is 3.97. The van der Waals surface area contributed by atoms with E-state index >= 15 is 0 Å². The molecule has 0 saturated heterocycles. The van der Waals surface area contributed by atoms with Gasteiger partial charge in [-0.05, 0) is 64.2 Å². The van der Waals surface area contributed by atoms with Crippen LogP contribution in [0.1, 0.15) is 0 Å². The molecule has 0 unspecified atom stereocenters. The van der Waals surface area contributed by atoms with E-state index in [4.69, 9.17) is 19.9 Å². The molecule has 0 aliphatic heterocycles. The van der Waals surface area contributed by atoms with Gasteiger partial charge in [0.15, 0.2) is 17.5 Å². The first-order valence-electron chi connectivity index (χ1n) is 22.8. The molecular weight excluding hydrogens is 847 g/mol. The topological polar surface area (TPSA) is 56.5 Å². The molecule has 0 radical (unpaired) electrons. The Morgan fingerprint density at radius 3 is 1.57 bits per heavy atom. The first kappa shape index (κ1) is 39.5. The maximum Gasteiger partial charge on any atom is 0.166 e. The number of benzene rings is 9. The highest BCUT2D eigenvalue weighted by molar-refractivity contribution is 7.26. The summed E-state index contributed by atoms with van der Waals surface area (Å²) in [4.78, 5) is 21.1. The maximum absolute atomic E-state index is 5.44. The van der Waals surface area contributed by atoms with Crippen molar-refractivity contribution in [1.82, 2.24) is 24.5 Å². The SMILES string of the molecule is c1ccc(-c2ccc(-c3ccccc3)c(-c3cnc(-c4ccc5c(c4)sc4c5ccc5c6ccccc6n(-c6ccccc6)c54)c(-c4nc(-c5ccccc5)nc(-c5ccccc5)n4)c3)c2)cc1. The molecule has 9 aromatic carbocycles.